The van der Waals surface area contributed by atoms with Crippen molar-refractivity contribution in [3.8, 4) is 0 Å². The van der Waals surface area contributed by atoms with Gasteiger partial charge in [-0.05, 0) is 43.3 Å². The Balaban J connectivity index is 1.56. The third kappa shape index (κ3) is 4.11. The van der Waals surface area contributed by atoms with Crippen LogP contribution in [0.1, 0.15) is 23.7 Å². The first-order valence-corrected chi connectivity index (χ1v) is 9.16. The number of carbonyl (C=O) groups excluding carboxylic acids is 2. The number of imidazole rings is 1. The van der Waals surface area contributed by atoms with Crippen LogP contribution in [0.3, 0.4) is 0 Å². The third-order valence-corrected chi connectivity index (χ3v) is 4.49. The van der Waals surface area contributed by atoms with Gasteiger partial charge in [0, 0.05) is 29.5 Å². The molecule has 6 nitrogen and oxygen atoms in total. The third-order valence-electron chi connectivity index (χ3n) is 3.97. The second-order valence-corrected chi connectivity index (χ2v) is 6.65. The van der Waals surface area contributed by atoms with Crippen LogP contribution < -0.4 is 10.6 Å². The number of rotatable bonds is 6. The maximum atomic E-state index is 12.2. The smallest absolute Gasteiger partial charge is 0.251 e. The van der Waals surface area contributed by atoms with Gasteiger partial charge in [-0.25, -0.2) is 4.98 Å². The summed E-state index contributed by atoms with van der Waals surface area (Å²) in [5, 5.41) is 5.58. The van der Waals surface area contributed by atoms with Crippen LogP contribution in [0.5, 0.6) is 0 Å². The standard InChI is InChI=1S/C19H19BrN4O2/c1-2-24-16-6-4-3-5-15(16)22-19(24)23-17(25)11-12-21-18(26)13-7-9-14(20)10-8-13/h3-10H,2,11-12H2,1H3,(H,21,26)(H,22,23,25). The predicted molar refractivity (Wildman–Crippen MR) is 105 cm³/mol. The number of fused-ring (bicyclic) bond motifs is 1. The molecule has 0 unspecified atom stereocenters. The molecule has 2 amide bonds. The molecule has 2 aromatic carbocycles. The van der Waals surface area contributed by atoms with Crippen LogP contribution in [0.2, 0.25) is 0 Å². The van der Waals surface area contributed by atoms with Crippen molar-refractivity contribution >= 4 is 44.7 Å². The SMILES string of the molecule is CCn1c(NC(=O)CCNC(=O)c2ccc(Br)cc2)nc2ccccc21. The molecule has 0 bridgehead atoms. The second-order valence-electron chi connectivity index (χ2n) is 5.73. The van der Waals surface area contributed by atoms with Crippen molar-refractivity contribution in [2.24, 2.45) is 0 Å². The molecule has 1 aromatic heterocycles. The first-order chi connectivity index (χ1) is 12.6. The second kappa shape index (κ2) is 8.14. The highest BCUT2D eigenvalue weighted by molar-refractivity contribution is 9.10. The van der Waals surface area contributed by atoms with E-state index in [4.69, 9.17) is 0 Å². The van der Waals surface area contributed by atoms with Gasteiger partial charge in [0.05, 0.1) is 11.0 Å². The van der Waals surface area contributed by atoms with Crippen molar-refractivity contribution in [2.45, 2.75) is 19.9 Å². The number of amides is 2. The van der Waals surface area contributed by atoms with E-state index in [1.54, 1.807) is 24.3 Å². The quantitative estimate of drug-likeness (QED) is 0.646. The Kier molecular flexibility index (Phi) is 5.68. The number of nitrogens with one attached hydrogen (secondary N) is 2. The minimum absolute atomic E-state index is 0.176. The number of aryl methyl sites for hydroxylation is 1. The summed E-state index contributed by atoms with van der Waals surface area (Å²) >= 11 is 3.33. The van der Waals surface area contributed by atoms with E-state index in [1.165, 1.54) is 0 Å². The van der Waals surface area contributed by atoms with E-state index in [2.05, 4.69) is 31.5 Å². The summed E-state index contributed by atoms with van der Waals surface area (Å²) in [6, 6.07) is 14.8. The highest BCUT2D eigenvalue weighted by Crippen LogP contribution is 2.19. The summed E-state index contributed by atoms with van der Waals surface area (Å²) in [5.74, 6) is 0.134. The summed E-state index contributed by atoms with van der Waals surface area (Å²) in [4.78, 5) is 28.7. The Morgan fingerprint density at radius 3 is 2.58 bits per heavy atom. The van der Waals surface area contributed by atoms with Crippen LogP contribution in [-0.4, -0.2) is 27.9 Å². The number of para-hydroxylation sites is 2. The molecular weight excluding hydrogens is 396 g/mol. The molecule has 3 rings (SSSR count). The van der Waals surface area contributed by atoms with Gasteiger partial charge in [-0.15, -0.1) is 0 Å². The number of nitrogens with zero attached hydrogens (tertiary/aromatic N) is 2. The average molecular weight is 415 g/mol. The first-order valence-electron chi connectivity index (χ1n) is 8.37. The normalized spacial score (nSPS) is 10.7. The Labute approximate surface area is 159 Å². The summed E-state index contributed by atoms with van der Waals surface area (Å²) in [7, 11) is 0. The molecule has 0 aliphatic carbocycles. The Bertz CT molecular complexity index is 934. The van der Waals surface area contributed by atoms with Crippen LogP contribution >= 0.6 is 15.9 Å². The summed E-state index contributed by atoms with van der Waals surface area (Å²) in [6.07, 6.45) is 0.176. The van der Waals surface area contributed by atoms with E-state index < -0.39 is 0 Å². The topological polar surface area (TPSA) is 76.0 Å². The van der Waals surface area contributed by atoms with Gasteiger partial charge < -0.3 is 9.88 Å². The minimum atomic E-state index is -0.203. The zero-order valence-corrected chi connectivity index (χ0v) is 15.9. The van der Waals surface area contributed by atoms with Crippen molar-refractivity contribution in [1.29, 1.82) is 0 Å². The van der Waals surface area contributed by atoms with Crippen LogP contribution in [0.4, 0.5) is 5.95 Å². The molecule has 2 N–H and O–H groups in total. The lowest BCUT2D eigenvalue weighted by Crippen LogP contribution is -2.28. The predicted octanol–water partition coefficient (Wildman–Crippen LogP) is 3.58. The van der Waals surface area contributed by atoms with Gasteiger partial charge in [0.2, 0.25) is 11.9 Å². The van der Waals surface area contributed by atoms with Crippen molar-refractivity contribution in [2.75, 3.05) is 11.9 Å². The number of benzene rings is 2. The van der Waals surface area contributed by atoms with Crippen LogP contribution in [0, 0.1) is 0 Å². The molecular formula is C19H19BrN4O2. The molecule has 0 saturated heterocycles. The molecule has 26 heavy (non-hydrogen) atoms. The molecule has 134 valence electrons. The molecule has 3 aromatic rings. The van der Waals surface area contributed by atoms with Crippen molar-refractivity contribution in [1.82, 2.24) is 14.9 Å². The van der Waals surface area contributed by atoms with Crippen molar-refractivity contribution < 1.29 is 9.59 Å². The number of hydrogen-bond acceptors (Lipinski definition) is 3. The molecule has 0 saturated carbocycles. The largest absolute Gasteiger partial charge is 0.352 e. The highest BCUT2D eigenvalue weighted by atomic mass is 79.9. The molecule has 0 fully saturated rings. The van der Waals surface area contributed by atoms with E-state index in [9.17, 15) is 9.59 Å². The van der Waals surface area contributed by atoms with Crippen LogP contribution in [-0.2, 0) is 11.3 Å². The van der Waals surface area contributed by atoms with Crippen LogP contribution in [0.25, 0.3) is 11.0 Å². The Morgan fingerprint density at radius 2 is 1.85 bits per heavy atom. The minimum Gasteiger partial charge on any atom is -0.352 e. The highest BCUT2D eigenvalue weighted by Gasteiger charge is 2.12. The Hall–Kier alpha value is -2.67. The lowest BCUT2D eigenvalue weighted by molar-refractivity contribution is -0.116. The fourth-order valence-electron chi connectivity index (χ4n) is 2.67. The summed E-state index contributed by atoms with van der Waals surface area (Å²) in [5.41, 5.74) is 2.38. The lowest BCUT2D eigenvalue weighted by atomic mass is 10.2. The van der Waals surface area contributed by atoms with Crippen molar-refractivity contribution in [3.05, 3.63) is 58.6 Å². The maximum absolute atomic E-state index is 12.2. The van der Waals surface area contributed by atoms with Gasteiger partial charge in [0.15, 0.2) is 0 Å². The maximum Gasteiger partial charge on any atom is 0.251 e. The van der Waals surface area contributed by atoms with Crippen molar-refractivity contribution in [3.63, 3.8) is 0 Å². The van der Waals surface area contributed by atoms with E-state index in [-0.39, 0.29) is 24.8 Å². The van der Waals surface area contributed by atoms with E-state index in [1.807, 2.05) is 35.8 Å². The fraction of sp³-hybridized carbons (Fsp3) is 0.211. The fourth-order valence-corrected chi connectivity index (χ4v) is 2.94. The molecule has 0 spiro atoms. The van der Waals surface area contributed by atoms with Gasteiger partial charge in [0.25, 0.3) is 5.91 Å². The number of anilines is 1. The first kappa shape index (κ1) is 18.1. The van der Waals surface area contributed by atoms with E-state index >= 15 is 0 Å². The van der Waals surface area contributed by atoms with Gasteiger partial charge in [-0.3, -0.25) is 14.9 Å². The molecule has 7 heteroatoms. The number of hydrogen-bond donors (Lipinski definition) is 2. The van der Waals surface area contributed by atoms with Gasteiger partial charge >= 0.3 is 0 Å². The van der Waals surface area contributed by atoms with Gasteiger partial charge in [-0.2, -0.15) is 0 Å². The van der Waals surface area contributed by atoms with E-state index in [0.29, 0.717) is 18.1 Å². The lowest BCUT2D eigenvalue weighted by Gasteiger charge is -2.08. The average Bonchev–Trinajstić information content (AvgIpc) is 2.99. The van der Waals surface area contributed by atoms with Gasteiger partial charge in [-0.1, -0.05) is 28.1 Å². The molecule has 1 heterocycles. The van der Waals surface area contributed by atoms with Crippen LogP contribution in [0.15, 0.2) is 53.0 Å². The molecule has 0 aliphatic heterocycles. The number of halogens is 1. The monoisotopic (exact) mass is 414 g/mol. The molecule has 0 atom stereocenters. The van der Waals surface area contributed by atoms with Gasteiger partial charge in [0.1, 0.15) is 0 Å². The molecule has 0 aliphatic rings. The van der Waals surface area contributed by atoms with E-state index in [0.717, 1.165) is 15.5 Å². The molecule has 0 radical (unpaired) electrons. The summed E-state index contributed by atoms with van der Waals surface area (Å²) < 4.78 is 2.86. The zero-order valence-electron chi connectivity index (χ0n) is 14.3. The number of aromatic nitrogens is 2. The zero-order chi connectivity index (χ0) is 18.5. The Morgan fingerprint density at radius 1 is 1.12 bits per heavy atom. The summed E-state index contributed by atoms with van der Waals surface area (Å²) in [6.45, 7) is 2.96. The number of carbonyl (C=O) groups is 2.